The molecule has 1 saturated heterocycles. The van der Waals surface area contributed by atoms with Crippen LogP contribution in [0.1, 0.15) is 22.7 Å². The summed E-state index contributed by atoms with van der Waals surface area (Å²) in [6.07, 6.45) is 0. The molecule has 0 spiro atoms. The van der Waals surface area contributed by atoms with Crippen LogP contribution in [0.4, 0.5) is 5.69 Å². The van der Waals surface area contributed by atoms with Gasteiger partial charge in [0.05, 0.1) is 23.8 Å². The van der Waals surface area contributed by atoms with Crippen LogP contribution in [-0.2, 0) is 14.8 Å². The number of benzene rings is 3. The predicted octanol–water partition coefficient (Wildman–Crippen LogP) is 4.48. The van der Waals surface area contributed by atoms with E-state index in [9.17, 15) is 8.42 Å². The Balaban J connectivity index is 1.47. The summed E-state index contributed by atoms with van der Waals surface area (Å²) in [6, 6.07) is 24.8. The SMILES string of the molecule is Cc1cc(N=NC(c2ccccc2)c2ccccc2)ccc1S(=O)(=O)NCCN1CCOCC1. The van der Waals surface area contributed by atoms with Gasteiger partial charge in [-0.15, -0.1) is 0 Å². The predicted molar refractivity (Wildman–Crippen MR) is 133 cm³/mol. The summed E-state index contributed by atoms with van der Waals surface area (Å²) < 4.78 is 33.7. The van der Waals surface area contributed by atoms with Crippen LogP contribution in [0.15, 0.2) is 94.0 Å². The summed E-state index contributed by atoms with van der Waals surface area (Å²) in [7, 11) is -3.61. The number of hydrogen-bond acceptors (Lipinski definition) is 6. The molecule has 0 bridgehead atoms. The zero-order valence-electron chi connectivity index (χ0n) is 19.3. The highest BCUT2D eigenvalue weighted by molar-refractivity contribution is 7.89. The van der Waals surface area contributed by atoms with Gasteiger partial charge >= 0.3 is 0 Å². The second kappa shape index (κ2) is 11.5. The number of rotatable bonds is 9. The van der Waals surface area contributed by atoms with E-state index in [4.69, 9.17) is 4.74 Å². The standard InChI is InChI=1S/C26H30N4O3S/c1-21-20-24(12-13-25(21)34(31,32)27-14-15-30-16-18-33-19-17-30)28-29-26(22-8-4-2-5-9-22)23-10-6-3-7-11-23/h2-13,20,26-27H,14-19H2,1H3. The van der Waals surface area contributed by atoms with E-state index in [1.807, 2.05) is 60.7 Å². The number of sulfonamides is 1. The molecule has 0 saturated carbocycles. The first-order valence-corrected chi connectivity index (χ1v) is 12.9. The van der Waals surface area contributed by atoms with Crippen molar-refractivity contribution in [2.24, 2.45) is 10.2 Å². The van der Waals surface area contributed by atoms with Gasteiger partial charge in [-0.3, -0.25) is 4.90 Å². The van der Waals surface area contributed by atoms with E-state index in [0.29, 0.717) is 37.6 Å². The first-order valence-electron chi connectivity index (χ1n) is 11.4. The summed E-state index contributed by atoms with van der Waals surface area (Å²) >= 11 is 0. The molecule has 1 fully saturated rings. The first kappa shape index (κ1) is 24.2. The molecule has 0 atom stereocenters. The van der Waals surface area contributed by atoms with E-state index < -0.39 is 10.0 Å². The van der Waals surface area contributed by atoms with Crippen LogP contribution in [0.2, 0.25) is 0 Å². The molecule has 1 aliphatic rings. The lowest BCUT2D eigenvalue weighted by molar-refractivity contribution is 0.0390. The van der Waals surface area contributed by atoms with Gasteiger partial charge in [0.1, 0.15) is 6.04 Å². The molecule has 178 valence electrons. The van der Waals surface area contributed by atoms with Crippen LogP contribution in [0.3, 0.4) is 0 Å². The van der Waals surface area contributed by atoms with E-state index >= 15 is 0 Å². The molecule has 3 aromatic rings. The maximum Gasteiger partial charge on any atom is 0.240 e. The van der Waals surface area contributed by atoms with Crippen molar-refractivity contribution in [3.8, 4) is 0 Å². The Morgan fingerprint density at radius 3 is 2.15 bits per heavy atom. The van der Waals surface area contributed by atoms with E-state index in [1.54, 1.807) is 25.1 Å². The molecule has 4 rings (SSSR count). The number of nitrogens with one attached hydrogen (secondary N) is 1. The second-order valence-electron chi connectivity index (χ2n) is 8.24. The number of azo groups is 1. The minimum atomic E-state index is -3.61. The third kappa shape index (κ3) is 6.36. The fraction of sp³-hybridized carbons (Fsp3) is 0.308. The second-order valence-corrected chi connectivity index (χ2v) is 9.98. The fourth-order valence-electron chi connectivity index (χ4n) is 3.96. The number of ether oxygens (including phenoxy) is 1. The molecule has 8 heteroatoms. The molecule has 0 radical (unpaired) electrons. The summed E-state index contributed by atoms with van der Waals surface area (Å²) in [4.78, 5) is 2.45. The highest BCUT2D eigenvalue weighted by Gasteiger charge is 2.18. The summed E-state index contributed by atoms with van der Waals surface area (Å²) in [5.74, 6) is 0. The molecular formula is C26H30N4O3S. The van der Waals surface area contributed by atoms with Crippen LogP contribution in [-0.4, -0.2) is 52.7 Å². The highest BCUT2D eigenvalue weighted by Crippen LogP contribution is 2.29. The normalized spacial score (nSPS) is 15.2. The van der Waals surface area contributed by atoms with Crippen LogP contribution < -0.4 is 4.72 Å². The number of hydrogen-bond donors (Lipinski definition) is 1. The zero-order chi connectivity index (χ0) is 23.8. The lowest BCUT2D eigenvalue weighted by atomic mass is 10.00. The first-order chi connectivity index (χ1) is 16.5. The minimum Gasteiger partial charge on any atom is -0.379 e. The van der Waals surface area contributed by atoms with Gasteiger partial charge in [-0.25, -0.2) is 13.1 Å². The molecular weight excluding hydrogens is 448 g/mol. The zero-order valence-corrected chi connectivity index (χ0v) is 20.1. The van der Waals surface area contributed by atoms with Crippen LogP contribution in [0.25, 0.3) is 0 Å². The maximum absolute atomic E-state index is 12.8. The summed E-state index contributed by atoms with van der Waals surface area (Å²) in [5, 5.41) is 9.07. The Morgan fingerprint density at radius 2 is 1.56 bits per heavy atom. The molecule has 7 nitrogen and oxygen atoms in total. The lowest BCUT2D eigenvalue weighted by Gasteiger charge is -2.26. The maximum atomic E-state index is 12.8. The molecule has 0 aliphatic carbocycles. The third-order valence-corrected chi connectivity index (χ3v) is 7.41. The van der Waals surface area contributed by atoms with Gasteiger partial charge in [-0.05, 0) is 41.8 Å². The van der Waals surface area contributed by atoms with Crippen LogP contribution >= 0.6 is 0 Å². The van der Waals surface area contributed by atoms with Crippen molar-refractivity contribution in [2.45, 2.75) is 17.9 Å². The van der Waals surface area contributed by atoms with Gasteiger partial charge < -0.3 is 4.74 Å². The minimum absolute atomic E-state index is 0.243. The molecule has 0 aromatic heterocycles. The molecule has 1 aliphatic heterocycles. The van der Waals surface area contributed by atoms with Gasteiger partial charge in [0.25, 0.3) is 0 Å². The van der Waals surface area contributed by atoms with E-state index in [0.717, 1.165) is 24.2 Å². The van der Waals surface area contributed by atoms with Gasteiger partial charge in [-0.1, -0.05) is 60.7 Å². The van der Waals surface area contributed by atoms with E-state index in [1.165, 1.54) is 0 Å². The van der Waals surface area contributed by atoms with Crippen molar-refractivity contribution in [2.75, 3.05) is 39.4 Å². The van der Waals surface area contributed by atoms with Crippen molar-refractivity contribution >= 4 is 15.7 Å². The largest absolute Gasteiger partial charge is 0.379 e. The average Bonchev–Trinajstić information content (AvgIpc) is 2.86. The molecule has 1 N–H and O–H groups in total. The summed E-state index contributed by atoms with van der Waals surface area (Å²) in [5.41, 5.74) is 3.32. The Bertz CT molecular complexity index is 1160. The Morgan fingerprint density at radius 1 is 0.941 bits per heavy atom. The molecule has 34 heavy (non-hydrogen) atoms. The topological polar surface area (TPSA) is 83.4 Å². The monoisotopic (exact) mass is 478 g/mol. The smallest absolute Gasteiger partial charge is 0.240 e. The Hall–Kier alpha value is -2.91. The number of aryl methyl sites for hydroxylation is 1. The van der Waals surface area contributed by atoms with Crippen molar-refractivity contribution in [1.82, 2.24) is 9.62 Å². The summed E-state index contributed by atoms with van der Waals surface area (Å²) in [6.45, 7) is 5.84. The third-order valence-electron chi connectivity index (χ3n) is 5.79. The fourth-order valence-corrected chi connectivity index (χ4v) is 5.20. The van der Waals surface area contributed by atoms with Crippen molar-refractivity contribution < 1.29 is 13.2 Å². The molecule has 0 amide bonds. The van der Waals surface area contributed by atoms with Crippen molar-refractivity contribution in [3.05, 3.63) is 95.6 Å². The van der Waals surface area contributed by atoms with Crippen LogP contribution in [0.5, 0.6) is 0 Å². The molecule has 1 heterocycles. The number of morpholine rings is 1. The van der Waals surface area contributed by atoms with E-state index in [2.05, 4.69) is 19.9 Å². The van der Waals surface area contributed by atoms with Gasteiger partial charge in [0, 0.05) is 26.2 Å². The van der Waals surface area contributed by atoms with Gasteiger partial charge in [-0.2, -0.15) is 10.2 Å². The average molecular weight is 479 g/mol. The highest BCUT2D eigenvalue weighted by atomic mass is 32.2. The van der Waals surface area contributed by atoms with Crippen molar-refractivity contribution in [3.63, 3.8) is 0 Å². The number of nitrogens with zero attached hydrogens (tertiary/aromatic N) is 3. The molecule has 3 aromatic carbocycles. The van der Waals surface area contributed by atoms with Crippen LogP contribution in [0, 0.1) is 6.92 Å². The lowest BCUT2D eigenvalue weighted by Crippen LogP contribution is -2.41. The van der Waals surface area contributed by atoms with Gasteiger partial charge in [0.15, 0.2) is 0 Å². The van der Waals surface area contributed by atoms with Gasteiger partial charge in [0.2, 0.25) is 10.0 Å². The Labute approximate surface area is 201 Å². The van der Waals surface area contributed by atoms with E-state index in [-0.39, 0.29) is 10.9 Å². The molecule has 0 unspecified atom stereocenters. The Kier molecular flexibility index (Phi) is 8.18. The quantitative estimate of drug-likeness (QED) is 0.460. The van der Waals surface area contributed by atoms with Crippen molar-refractivity contribution in [1.29, 1.82) is 0 Å².